The van der Waals surface area contributed by atoms with Crippen molar-refractivity contribution in [2.45, 2.75) is 32.2 Å². The molecule has 5 nitrogen and oxygen atoms in total. The smallest absolute Gasteiger partial charge is 0.254 e. The molecule has 0 unspecified atom stereocenters. The summed E-state index contributed by atoms with van der Waals surface area (Å²) in [6, 6.07) is 12.0. The van der Waals surface area contributed by atoms with Crippen molar-refractivity contribution in [3.8, 4) is 0 Å². The van der Waals surface area contributed by atoms with Crippen LogP contribution in [0.25, 0.3) is 0 Å². The first kappa shape index (κ1) is 21.4. The van der Waals surface area contributed by atoms with Crippen LogP contribution in [-0.2, 0) is 16.6 Å². The fourth-order valence-corrected chi connectivity index (χ4v) is 4.59. The molecule has 27 heavy (non-hydrogen) atoms. The van der Waals surface area contributed by atoms with E-state index in [4.69, 9.17) is 11.6 Å². The Kier molecular flexibility index (Phi) is 7.03. The third kappa shape index (κ3) is 4.89. The van der Waals surface area contributed by atoms with E-state index in [0.717, 1.165) is 11.1 Å². The molecule has 0 aliphatic rings. The van der Waals surface area contributed by atoms with E-state index >= 15 is 0 Å². The molecule has 0 N–H and O–H groups in total. The fraction of sp³-hybridized carbons (Fsp3) is 0.350. The van der Waals surface area contributed by atoms with Gasteiger partial charge < -0.3 is 4.90 Å². The lowest BCUT2D eigenvalue weighted by atomic mass is 10.1. The van der Waals surface area contributed by atoms with Crippen LogP contribution in [0.1, 0.15) is 35.3 Å². The van der Waals surface area contributed by atoms with E-state index < -0.39 is 10.0 Å². The van der Waals surface area contributed by atoms with E-state index in [1.807, 2.05) is 12.1 Å². The minimum Gasteiger partial charge on any atom is -0.337 e. The Labute approximate surface area is 166 Å². The van der Waals surface area contributed by atoms with E-state index in [-0.39, 0.29) is 10.8 Å². The summed E-state index contributed by atoms with van der Waals surface area (Å²) in [5.74, 6) is -0.232. The topological polar surface area (TPSA) is 57.7 Å². The van der Waals surface area contributed by atoms with E-state index in [0.29, 0.717) is 30.2 Å². The third-order valence-electron chi connectivity index (χ3n) is 4.44. The number of halogens is 1. The summed E-state index contributed by atoms with van der Waals surface area (Å²) in [5, 5.41) is 0.608. The number of nitrogens with zero attached hydrogens (tertiary/aromatic N) is 2. The minimum atomic E-state index is -3.62. The number of sulfonamides is 1. The predicted molar refractivity (Wildman–Crippen MR) is 109 cm³/mol. The molecule has 2 aromatic carbocycles. The zero-order valence-corrected chi connectivity index (χ0v) is 17.6. The number of aryl methyl sites for hydroxylation is 1. The van der Waals surface area contributed by atoms with Gasteiger partial charge in [0.05, 0.1) is 4.90 Å². The number of hydrogen-bond donors (Lipinski definition) is 0. The normalized spacial score (nSPS) is 11.6. The van der Waals surface area contributed by atoms with Crippen LogP contribution in [0.4, 0.5) is 0 Å². The summed E-state index contributed by atoms with van der Waals surface area (Å²) in [6.07, 6.45) is 0. The van der Waals surface area contributed by atoms with Crippen LogP contribution in [0, 0.1) is 6.92 Å². The summed E-state index contributed by atoms with van der Waals surface area (Å²) < 4.78 is 26.9. The highest BCUT2D eigenvalue weighted by atomic mass is 35.5. The Balaban J connectivity index is 2.33. The SMILES string of the molecule is CCN(CC)S(=O)(=O)c1ccc(C)c(C(=O)N(C)Cc2cccc(Cl)c2)c1. The van der Waals surface area contributed by atoms with Gasteiger partial charge in [-0.1, -0.05) is 43.6 Å². The molecule has 0 aliphatic heterocycles. The maximum absolute atomic E-state index is 12.9. The standard InChI is InChI=1S/C20H25ClN2O3S/c1-5-23(6-2)27(25,26)18-11-10-15(3)19(13-18)20(24)22(4)14-16-8-7-9-17(21)12-16/h7-13H,5-6,14H2,1-4H3. The zero-order valence-electron chi connectivity index (χ0n) is 16.1. The Morgan fingerprint density at radius 1 is 1.07 bits per heavy atom. The number of rotatable bonds is 7. The molecule has 1 amide bonds. The Morgan fingerprint density at radius 2 is 1.74 bits per heavy atom. The van der Waals surface area contributed by atoms with Gasteiger partial charge in [-0.2, -0.15) is 4.31 Å². The van der Waals surface area contributed by atoms with Gasteiger partial charge in [-0.25, -0.2) is 8.42 Å². The van der Waals surface area contributed by atoms with E-state index in [1.54, 1.807) is 57.0 Å². The van der Waals surface area contributed by atoms with Crippen LogP contribution in [-0.4, -0.2) is 43.7 Å². The molecule has 0 bridgehead atoms. The van der Waals surface area contributed by atoms with Crippen LogP contribution < -0.4 is 0 Å². The van der Waals surface area contributed by atoms with Crippen molar-refractivity contribution in [3.63, 3.8) is 0 Å². The van der Waals surface area contributed by atoms with E-state index in [1.165, 1.54) is 10.4 Å². The molecule has 0 aromatic heterocycles. The largest absolute Gasteiger partial charge is 0.337 e. The Morgan fingerprint density at radius 3 is 2.33 bits per heavy atom. The molecule has 2 aromatic rings. The average Bonchev–Trinajstić information content (AvgIpc) is 2.62. The average molecular weight is 409 g/mol. The molecule has 0 saturated carbocycles. The molecule has 0 spiro atoms. The number of benzene rings is 2. The zero-order chi connectivity index (χ0) is 20.2. The molecule has 7 heteroatoms. The maximum atomic E-state index is 12.9. The highest BCUT2D eigenvalue weighted by Crippen LogP contribution is 2.21. The van der Waals surface area contributed by atoms with Crippen molar-refractivity contribution in [1.29, 1.82) is 0 Å². The van der Waals surface area contributed by atoms with Crippen LogP contribution in [0.15, 0.2) is 47.4 Å². The molecule has 0 radical (unpaired) electrons. The lowest BCUT2D eigenvalue weighted by Crippen LogP contribution is -2.31. The maximum Gasteiger partial charge on any atom is 0.254 e. The summed E-state index contributed by atoms with van der Waals surface area (Å²) >= 11 is 6.00. The van der Waals surface area contributed by atoms with Gasteiger partial charge in [0.15, 0.2) is 0 Å². The Bertz CT molecular complexity index is 925. The van der Waals surface area contributed by atoms with Gasteiger partial charge in [0.1, 0.15) is 0 Å². The number of amides is 1. The number of carbonyl (C=O) groups excluding carboxylic acids is 1. The van der Waals surface area contributed by atoms with Crippen LogP contribution >= 0.6 is 11.6 Å². The molecule has 0 saturated heterocycles. The lowest BCUT2D eigenvalue weighted by Gasteiger charge is -2.21. The van der Waals surface area contributed by atoms with Gasteiger partial charge in [0.2, 0.25) is 10.0 Å². The van der Waals surface area contributed by atoms with Gasteiger partial charge in [-0.3, -0.25) is 4.79 Å². The van der Waals surface area contributed by atoms with Crippen molar-refractivity contribution in [2.24, 2.45) is 0 Å². The van der Waals surface area contributed by atoms with E-state index in [2.05, 4.69) is 0 Å². The summed E-state index contributed by atoms with van der Waals surface area (Å²) in [7, 11) is -1.93. The molecule has 2 rings (SSSR count). The molecule has 0 heterocycles. The van der Waals surface area contributed by atoms with Gasteiger partial charge in [0.25, 0.3) is 5.91 Å². The highest BCUT2D eigenvalue weighted by molar-refractivity contribution is 7.89. The van der Waals surface area contributed by atoms with Crippen LogP contribution in [0.5, 0.6) is 0 Å². The first-order valence-corrected chi connectivity index (χ1v) is 10.6. The van der Waals surface area contributed by atoms with Gasteiger partial charge >= 0.3 is 0 Å². The van der Waals surface area contributed by atoms with Crippen molar-refractivity contribution in [2.75, 3.05) is 20.1 Å². The van der Waals surface area contributed by atoms with Crippen molar-refractivity contribution < 1.29 is 13.2 Å². The van der Waals surface area contributed by atoms with Gasteiger partial charge in [-0.05, 0) is 42.3 Å². The fourth-order valence-electron chi connectivity index (χ4n) is 2.89. The quantitative estimate of drug-likeness (QED) is 0.696. The molecule has 146 valence electrons. The summed E-state index contributed by atoms with van der Waals surface area (Å²) in [4.78, 5) is 14.6. The first-order valence-electron chi connectivity index (χ1n) is 8.81. The lowest BCUT2D eigenvalue weighted by molar-refractivity contribution is 0.0784. The van der Waals surface area contributed by atoms with E-state index in [9.17, 15) is 13.2 Å². The second-order valence-corrected chi connectivity index (χ2v) is 8.73. The molecule has 0 fully saturated rings. The highest BCUT2D eigenvalue weighted by Gasteiger charge is 2.24. The third-order valence-corrected chi connectivity index (χ3v) is 6.72. The molecule has 0 aliphatic carbocycles. The van der Waals surface area contributed by atoms with Gasteiger partial charge in [-0.15, -0.1) is 0 Å². The predicted octanol–water partition coefficient (Wildman–Crippen LogP) is 3.95. The van der Waals surface area contributed by atoms with Crippen molar-refractivity contribution >= 4 is 27.5 Å². The second kappa shape index (κ2) is 8.87. The van der Waals surface area contributed by atoms with Crippen molar-refractivity contribution in [1.82, 2.24) is 9.21 Å². The minimum absolute atomic E-state index is 0.135. The van der Waals surface area contributed by atoms with Crippen molar-refractivity contribution in [3.05, 3.63) is 64.2 Å². The second-order valence-electron chi connectivity index (χ2n) is 6.36. The molecular weight excluding hydrogens is 384 g/mol. The van der Waals surface area contributed by atoms with Crippen LogP contribution in [0.2, 0.25) is 5.02 Å². The summed E-state index contributed by atoms with van der Waals surface area (Å²) in [5.41, 5.74) is 2.02. The Hall–Kier alpha value is -1.89. The van der Waals surface area contributed by atoms with Crippen LogP contribution in [0.3, 0.4) is 0 Å². The first-order chi connectivity index (χ1) is 12.7. The number of hydrogen-bond acceptors (Lipinski definition) is 3. The molecular formula is C20H25ClN2O3S. The number of carbonyl (C=O) groups is 1. The molecule has 0 atom stereocenters. The monoisotopic (exact) mass is 408 g/mol. The van der Waals surface area contributed by atoms with Gasteiger partial charge in [0, 0.05) is 37.3 Å². The summed E-state index contributed by atoms with van der Waals surface area (Å²) in [6.45, 7) is 6.52.